The fourth-order valence-electron chi connectivity index (χ4n) is 7.75. The van der Waals surface area contributed by atoms with Gasteiger partial charge in [0.05, 0.1) is 35.8 Å². The van der Waals surface area contributed by atoms with Crippen LogP contribution in [-0.4, -0.2) is 97.2 Å². The molecule has 4 aromatic rings. The van der Waals surface area contributed by atoms with Crippen LogP contribution in [0.5, 0.6) is 5.75 Å². The van der Waals surface area contributed by atoms with E-state index in [1.165, 1.54) is 6.20 Å². The van der Waals surface area contributed by atoms with Crippen molar-refractivity contribution in [1.29, 1.82) is 0 Å². The van der Waals surface area contributed by atoms with Crippen LogP contribution in [0.25, 0.3) is 0 Å². The van der Waals surface area contributed by atoms with Gasteiger partial charge in [-0.2, -0.15) is 4.98 Å². The van der Waals surface area contributed by atoms with Gasteiger partial charge in [0.1, 0.15) is 24.0 Å². The lowest BCUT2D eigenvalue weighted by molar-refractivity contribution is -0.136. The van der Waals surface area contributed by atoms with E-state index in [1.54, 1.807) is 38.6 Å². The minimum Gasteiger partial charge on any atom is -0.494 e. The van der Waals surface area contributed by atoms with Gasteiger partial charge in [0, 0.05) is 54.8 Å². The largest absolute Gasteiger partial charge is 0.494 e. The SMILES string of the molecule is COc1cc(N2CCC(NCCCCCNc3cccc4c3C(=O)N(C3CCC(=O)NC3=O)C4=O)CC2)ccc1Nc1ncc(Cl)c(Nc2ccccc2P(C)(C)=O)n1. The van der Waals surface area contributed by atoms with Crippen molar-refractivity contribution in [2.24, 2.45) is 0 Å². The van der Waals surface area contributed by atoms with E-state index in [0.29, 0.717) is 57.5 Å². The number of carbonyl (C=O) groups excluding carboxylic acids is 4. The number of nitrogens with zero attached hydrogens (tertiary/aromatic N) is 4. The molecule has 0 radical (unpaired) electrons. The Balaban J connectivity index is 0.843. The molecule has 0 bridgehead atoms. The average molecular weight is 842 g/mol. The molecular formula is C42H49ClN9O6P. The lowest BCUT2D eigenvalue weighted by atomic mass is 10.0. The number of unbranched alkanes of at least 4 members (excludes halogenated alkanes) is 2. The van der Waals surface area contributed by atoms with Crippen molar-refractivity contribution in [2.45, 2.75) is 57.0 Å². The molecule has 1 aromatic heterocycles. The van der Waals surface area contributed by atoms with Crippen molar-refractivity contribution in [2.75, 3.05) is 67.5 Å². The van der Waals surface area contributed by atoms with Gasteiger partial charge < -0.3 is 35.5 Å². The standard InChI is InChI=1S/C42H49ClN9O6P/c1-58-34-24-27(14-15-30(34)48-42-46-25-29(43)38(50-42)47-31-11-5-6-13-35(31)59(2,3)57)51-22-18-26(19-23-51)44-20-7-4-8-21-45-32-12-9-10-28-37(32)41(56)52(40(28)55)33-16-17-36(53)49-39(33)54/h5-6,9-15,24-26,33,44-45H,4,7-8,16-23H2,1-3H3,(H,49,53,54)(H2,46,47,48,50). The van der Waals surface area contributed by atoms with Gasteiger partial charge in [0.2, 0.25) is 17.8 Å². The van der Waals surface area contributed by atoms with Gasteiger partial charge in [-0.15, -0.1) is 0 Å². The van der Waals surface area contributed by atoms with Gasteiger partial charge in [-0.3, -0.25) is 29.4 Å². The van der Waals surface area contributed by atoms with Crippen molar-refractivity contribution in [3.63, 3.8) is 0 Å². The van der Waals surface area contributed by atoms with Crippen molar-refractivity contribution in [3.8, 4) is 5.75 Å². The van der Waals surface area contributed by atoms with E-state index < -0.39 is 36.8 Å². The maximum absolute atomic E-state index is 13.3. The van der Waals surface area contributed by atoms with Crippen LogP contribution < -0.4 is 41.5 Å². The predicted octanol–water partition coefficient (Wildman–Crippen LogP) is 6.12. The number of piperidine rings is 2. The van der Waals surface area contributed by atoms with E-state index in [9.17, 15) is 23.7 Å². The Labute approximate surface area is 348 Å². The summed E-state index contributed by atoms with van der Waals surface area (Å²) in [5.74, 6) is -0.667. The third kappa shape index (κ3) is 9.53. The third-order valence-electron chi connectivity index (χ3n) is 10.8. The van der Waals surface area contributed by atoms with E-state index in [-0.39, 0.29) is 24.0 Å². The number of ether oxygens (including phenoxy) is 1. The number of para-hydroxylation sites is 1. The summed E-state index contributed by atoms with van der Waals surface area (Å²) in [5.41, 5.74) is 3.57. The fraction of sp³-hybridized carbons (Fsp3) is 0.381. The maximum Gasteiger partial charge on any atom is 0.264 e. The second-order valence-corrected chi connectivity index (χ2v) is 18.9. The van der Waals surface area contributed by atoms with Crippen LogP contribution >= 0.6 is 18.7 Å². The molecular weight excluding hydrogens is 793 g/mol. The molecule has 3 aliphatic rings. The first-order chi connectivity index (χ1) is 28.4. The van der Waals surface area contributed by atoms with Gasteiger partial charge in [-0.1, -0.05) is 36.2 Å². The molecule has 2 saturated heterocycles. The van der Waals surface area contributed by atoms with Crippen LogP contribution in [0.4, 0.5) is 34.5 Å². The molecule has 7 rings (SSSR count). The monoisotopic (exact) mass is 841 g/mol. The quantitative estimate of drug-likeness (QED) is 0.0494. The van der Waals surface area contributed by atoms with Crippen LogP contribution in [0.3, 0.4) is 0 Å². The molecule has 0 saturated carbocycles. The zero-order chi connectivity index (χ0) is 41.7. The molecule has 5 N–H and O–H groups in total. The molecule has 1 unspecified atom stereocenters. The highest BCUT2D eigenvalue weighted by Gasteiger charge is 2.45. The van der Waals surface area contributed by atoms with Crippen LogP contribution in [0.15, 0.2) is 66.9 Å². The number of hydrogen-bond acceptors (Lipinski definition) is 13. The number of amides is 4. The molecule has 0 spiro atoms. The third-order valence-corrected chi connectivity index (χ3v) is 12.7. The normalized spacial score (nSPS) is 17.2. The molecule has 15 nitrogen and oxygen atoms in total. The molecule has 1 atom stereocenters. The number of hydrogen-bond donors (Lipinski definition) is 5. The highest BCUT2D eigenvalue weighted by molar-refractivity contribution is 7.70. The first kappa shape index (κ1) is 41.7. The van der Waals surface area contributed by atoms with E-state index in [1.807, 2.05) is 36.4 Å². The summed E-state index contributed by atoms with van der Waals surface area (Å²) >= 11 is 6.46. The first-order valence-electron chi connectivity index (χ1n) is 19.9. The highest BCUT2D eigenvalue weighted by Crippen LogP contribution is 2.39. The van der Waals surface area contributed by atoms with E-state index in [2.05, 4.69) is 47.5 Å². The molecule has 3 aromatic carbocycles. The maximum atomic E-state index is 13.3. The highest BCUT2D eigenvalue weighted by atomic mass is 35.5. The van der Waals surface area contributed by atoms with E-state index in [4.69, 9.17) is 16.3 Å². The molecule has 2 fully saturated rings. The molecule has 59 heavy (non-hydrogen) atoms. The molecule has 4 amide bonds. The van der Waals surface area contributed by atoms with Crippen LogP contribution in [0, 0.1) is 0 Å². The summed E-state index contributed by atoms with van der Waals surface area (Å²) in [6.45, 7) is 6.79. The smallest absolute Gasteiger partial charge is 0.264 e. The van der Waals surface area contributed by atoms with Crippen molar-refractivity contribution in [3.05, 3.63) is 83.0 Å². The number of methoxy groups -OCH3 is 1. The molecule has 3 aliphatic heterocycles. The summed E-state index contributed by atoms with van der Waals surface area (Å²) in [4.78, 5) is 62.8. The minimum absolute atomic E-state index is 0.0826. The number of nitrogens with one attached hydrogen (secondary N) is 5. The summed E-state index contributed by atoms with van der Waals surface area (Å²) < 4.78 is 18.6. The number of rotatable bonds is 16. The fourth-order valence-corrected chi connectivity index (χ4v) is 9.05. The van der Waals surface area contributed by atoms with Crippen molar-refractivity contribution in [1.82, 2.24) is 25.5 Å². The second kappa shape index (κ2) is 18.2. The van der Waals surface area contributed by atoms with Crippen LogP contribution in [0.2, 0.25) is 5.02 Å². The molecule has 0 aliphatic carbocycles. The Bertz CT molecular complexity index is 2300. The van der Waals surface area contributed by atoms with Crippen LogP contribution in [0.1, 0.15) is 65.7 Å². The Morgan fingerprint density at radius 2 is 1.64 bits per heavy atom. The lowest BCUT2D eigenvalue weighted by Crippen LogP contribution is -2.54. The van der Waals surface area contributed by atoms with Gasteiger partial charge >= 0.3 is 0 Å². The van der Waals surface area contributed by atoms with Crippen LogP contribution in [-0.2, 0) is 14.2 Å². The summed E-state index contributed by atoms with van der Waals surface area (Å²) in [6.07, 6.45) is 6.61. The number of halogens is 1. The lowest BCUT2D eigenvalue weighted by Gasteiger charge is -2.34. The Morgan fingerprint density at radius 3 is 2.41 bits per heavy atom. The Kier molecular flexibility index (Phi) is 12.8. The number of fused-ring (bicyclic) bond motifs is 1. The summed E-state index contributed by atoms with van der Waals surface area (Å²) in [6, 6.07) is 18.0. The van der Waals surface area contributed by atoms with Gasteiger partial charge in [-0.25, -0.2) is 4.98 Å². The topological polar surface area (TPSA) is 187 Å². The minimum atomic E-state index is -2.55. The Morgan fingerprint density at radius 1 is 0.881 bits per heavy atom. The molecule has 4 heterocycles. The zero-order valence-corrected chi connectivity index (χ0v) is 35.0. The summed E-state index contributed by atoms with van der Waals surface area (Å²) in [7, 11) is -0.922. The first-order valence-corrected chi connectivity index (χ1v) is 22.8. The van der Waals surface area contributed by atoms with Gasteiger partial charge in [0.15, 0.2) is 5.82 Å². The Hall–Kier alpha value is -5.50. The molecule has 17 heteroatoms. The van der Waals surface area contributed by atoms with Crippen molar-refractivity contribution >= 4 is 82.2 Å². The van der Waals surface area contributed by atoms with Crippen molar-refractivity contribution < 1.29 is 28.5 Å². The van der Waals surface area contributed by atoms with Gasteiger partial charge in [-0.05, 0) is 88.4 Å². The average Bonchev–Trinajstić information content (AvgIpc) is 3.48. The predicted molar refractivity (Wildman–Crippen MR) is 231 cm³/mol. The zero-order valence-electron chi connectivity index (χ0n) is 33.3. The number of anilines is 6. The molecule has 310 valence electrons. The van der Waals surface area contributed by atoms with E-state index in [0.717, 1.165) is 62.3 Å². The summed E-state index contributed by atoms with van der Waals surface area (Å²) in [5, 5.41) is 16.8. The number of carbonyl (C=O) groups is 4. The van der Waals surface area contributed by atoms with E-state index >= 15 is 0 Å². The van der Waals surface area contributed by atoms with Gasteiger partial charge in [0.25, 0.3) is 11.8 Å². The number of aromatic nitrogens is 2. The number of imide groups is 2. The second-order valence-electron chi connectivity index (χ2n) is 15.3. The number of benzene rings is 3.